The summed E-state index contributed by atoms with van der Waals surface area (Å²) >= 11 is 0. The lowest BCUT2D eigenvalue weighted by Crippen LogP contribution is -2.36. The Morgan fingerprint density at radius 1 is 1.22 bits per heavy atom. The van der Waals surface area contributed by atoms with E-state index in [1.54, 1.807) is 6.92 Å². The first-order chi connectivity index (χ1) is 11.0. The Bertz CT molecular complexity index is 640. The van der Waals surface area contributed by atoms with Crippen molar-refractivity contribution in [3.05, 3.63) is 65.5 Å². The van der Waals surface area contributed by atoms with Crippen LogP contribution in [0.2, 0.25) is 0 Å². The first-order valence-corrected chi connectivity index (χ1v) is 7.80. The highest BCUT2D eigenvalue weighted by Crippen LogP contribution is 2.13. The highest BCUT2D eigenvalue weighted by atomic mass is 19.1. The molecule has 0 aliphatic carbocycles. The molecule has 2 aromatic rings. The minimum absolute atomic E-state index is 0.168. The van der Waals surface area contributed by atoms with Gasteiger partial charge in [-0.3, -0.25) is 4.79 Å². The van der Waals surface area contributed by atoms with Crippen molar-refractivity contribution >= 4 is 5.91 Å². The van der Waals surface area contributed by atoms with Crippen LogP contribution in [-0.2, 0) is 11.2 Å². The van der Waals surface area contributed by atoms with Gasteiger partial charge in [-0.25, -0.2) is 4.39 Å². The molecule has 2 rings (SSSR count). The van der Waals surface area contributed by atoms with Gasteiger partial charge >= 0.3 is 0 Å². The second kappa shape index (κ2) is 8.32. The van der Waals surface area contributed by atoms with Crippen LogP contribution in [0.25, 0.3) is 0 Å². The van der Waals surface area contributed by atoms with Crippen molar-refractivity contribution in [3.63, 3.8) is 0 Å². The largest absolute Gasteiger partial charge is 0.481 e. The third kappa shape index (κ3) is 5.74. The van der Waals surface area contributed by atoms with Crippen LogP contribution in [0, 0.1) is 12.7 Å². The fourth-order valence-electron chi connectivity index (χ4n) is 2.29. The summed E-state index contributed by atoms with van der Waals surface area (Å²) in [6, 6.07) is 14.0. The fraction of sp³-hybridized carbons (Fsp3) is 0.316. The third-order valence-electron chi connectivity index (χ3n) is 3.52. The van der Waals surface area contributed by atoms with Crippen LogP contribution in [0.15, 0.2) is 48.5 Å². The summed E-state index contributed by atoms with van der Waals surface area (Å²) in [6.45, 7) is 4.35. The maximum atomic E-state index is 12.8. The molecule has 0 saturated heterocycles. The number of hydrogen-bond acceptors (Lipinski definition) is 2. The lowest BCUT2D eigenvalue weighted by Gasteiger charge is -2.14. The maximum absolute atomic E-state index is 12.8. The minimum Gasteiger partial charge on any atom is -0.481 e. The van der Waals surface area contributed by atoms with E-state index in [0.717, 1.165) is 12.8 Å². The number of carbonyl (C=O) groups excluding carboxylic acids is 1. The molecule has 0 aliphatic heterocycles. The van der Waals surface area contributed by atoms with Gasteiger partial charge in [0.2, 0.25) is 0 Å². The topological polar surface area (TPSA) is 38.3 Å². The number of aryl methyl sites for hydroxylation is 2. The summed E-state index contributed by atoms with van der Waals surface area (Å²) in [5.74, 6) is -0.0158. The van der Waals surface area contributed by atoms with E-state index in [1.807, 2.05) is 6.07 Å². The molecule has 23 heavy (non-hydrogen) atoms. The summed E-state index contributed by atoms with van der Waals surface area (Å²) in [5.41, 5.74) is 2.52. The van der Waals surface area contributed by atoms with E-state index in [4.69, 9.17) is 4.74 Å². The standard InChI is InChI=1S/C19H22FNO2/c1-14-5-3-6-16(13-14)7-4-12-21-19(22)15(2)23-18-10-8-17(20)9-11-18/h3,5-6,8-11,13,15H,4,7,12H2,1-2H3,(H,21,22)/t15-/m1/s1. The van der Waals surface area contributed by atoms with Crippen molar-refractivity contribution in [3.8, 4) is 5.75 Å². The molecule has 0 heterocycles. The molecule has 0 aromatic heterocycles. The van der Waals surface area contributed by atoms with Crippen LogP contribution in [0.3, 0.4) is 0 Å². The molecule has 0 spiro atoms. The molecule has 3 nitrogen and oxygen atoms in total. The highest BCUT2D eigenvalue weighted by Gasteiger charge is 2.13. The first kappa shape index (κ1) is 17.0. The van der Waals surface area contributed by atoms with Gasteiger partial charge in [-0.05, 0) is 56.5 Å². The number of nitrogens with one attached hydrogen (secondary N) is 1. The Kier molecular flexibility index (Phi) is 6.15. The zero-order valence-corrected chi connectivity index (χ0v) is 13.5. The average molecular weight is 315 g/mol. The summed E-state index contributed by atoms with van der Waals surface area (Å²) in [5, 5.41) is 2.86. The molecule has 1 amide bonds. The minimum atomic E-state index is -0.612. The predicted molar refractivity (Wildman–Crippen MR) is 89.0 cm³/mol. The van der Waals surface area contributed by atoms with Gasteiger partial charge in [-0.2, -0.15) is 0 Å². The zero-order valence-electron chi connectivity index (χ0n) is 13.5. The van der Waals surface area contributed by atoms with Crippen molar-refractivity contribution in [2.24, 2.45) is 0 Å². The summed E-state index contributed by atoms with van der Waals surface area (Å²) in [4.78, 5) is 12.0. The fourth-order valence-corrected chi connectivity index (χ4v) is 2.29. The SMILES string of the molecule is Cc1cccc(CCCNC(=O)[C@@H](C)Oc2ccc(F)cc2)c1. The number of hydrogen-bond donors (Lipinski definition) is 1. The molecule has 1 N–H and O–H groups in total. The lowest BCUT2D eigenvalue weighted by atomic mass is 10.1. The normalized spacial score (nSPS) is 11.8. The number of halogens is 1. The van der Waals surface area contributed by atoms with Crippen molar-refractivity contribution in [2.75, 3.05) is 6.54 Å². The predicted octanol–water partition coefficient (Wildman–Crippen LogP) is 3.65. The van der Waals surface area contributed by atoms with Gasteiger partial charge in [0.15, 0.2) is 6.10 Å². The van der Waals surface area contributed by atoms with Gasteiger partial charge in [-0.1, -0.05) is 29.8 Å². The van der Waals surface area contributed by atoms with Gasteiger partial charge in [0.25, 0.3) is 5.91 Å². The molecule has 1 atom stereocenters. The Balaban J connectivity index is 1.70. The summed E-state index contributed by atoms with van der Waals surface area (Å²) in [6.07, 6.45) is 1.19. The number of ether oxygens (including phenoxy) is 1. The Hall–Kier alpha value is -2.36. The van der Waals surface area contributed by atoms with Crippen LogP contribution in [0.1, 0.15) is 24.5 Å². The molecule has 122 valence electrons. The molecule has 0 bridgehead atoms. The van der Waals surface area contributed by atoms with Gasteiger partial charge in [0.1, 0.15) is 11.6 Å². The first-order valence-electron chi connectivity index (χ1n) is 7.80. The molecule has 0 fully saturated rings. The smallest absolute Gasteiger partial charge is 0.260 e. The van der Waals surface area contributed by atoms with E-state index in [2.05, 4.69) is 30.4 Å². The van der Waals surface area contributed by atoms with Crippen molar-refractivity contribution in [2.45, 2.75) is 32.8 Å². The molecular formula is C19H22FNO2. The van der Waals surface area contributed by atoms with Crippen LogP contribution < -0.4 is 10.1 Å². The Morgan fingerprint density at radius 3 is 2.65 bits per heavy atom. The number of amides is 1. The van der Waals surface area contributed by atoms with E-state index in [-0.39, 0.29) is 11.7 Å². The van der Waals surface area contributed by atoms with Gasteiger partial charge in [-0.15, -0.1) is 0 Å². The van der Waals surface area contributed by atoms with E-state index < -0.39 is 6.10 Å². The van der Waals surface area contributed by atoms with Gasteiger partial charge in [0.05, 0.1) is 0 Å². The Morgan fingerprint density at radius 2 is 1.96 bits per heavy atom. The third-order valence-corrected chi connectivity index (χ3v) is 3.52. The van der Waals surface area contributed by atoms with Crippen LogP contribution in [-0.4, -0.2) is 18.6 Å². The molecule has 0 saturated carbocycles. The number of rotatable bonds is 7. The zero-order chi connectivity index (χ0) is 16.7. The van der Waals surface area contributed by atoms with Crippen LogP contribution in [0.4, 0.5) is 4.39 Å². The molecule has 0 unspecified atom stereocenters. The molecule has 2 aromatic carbocycles. The number of carbonyl (C=O) groups is 1. The van der Waals surface area contributed by atoms with Crippen LogP contribution in [0.5, 0.6) is 5.75 Å². The summed E-state index contributed by atoms with van der Waals surface area (Å²) < 4.78 is 18.3. The quantitative estimate of drug-likeness (QED) is 0.792. The highest BCUT2D eigenvalue weighted by molar-refractivity contribution is 5.80. The summed E-state index contributed by atoms with van der Waals surface area (Å²) in [7, 11) is 0. The van der Waals surface area contributed by atoms with E-state index in [1.165, 1.54) is 35.4 Å². The second-order valence-electron chi connectivity index (χ2n) is 5.60. The van der Waals surface area contributed by atoms with Crippen molar-refractivity contribution < 1.29 is 13.9 Å². The molecule has 0 aliphatic rings. The van der Waals surface area contributed by atoms with Gasteiger partial charge in [0, 0.05) is 6.54 Å². The number of benzene rings is 2. The Labute approximate surface area is 136 Å². The van der Waals surface area contributed by atoms with Crippen molar-refractivity contribution in [1.29, 1.82) is 0 Å². The van der Waals surface area contributed by atoms with Crippen molar-refractivity contribution in [1.82, 2.24) is 5.32 Å². The van der Waals surface area contributed by atoms with E-state index in [9.17, 15) is 9.18 Å². The molecule has 4 heteroatoms. The maximum Gasteiger partial charge on any atom is 0.260 e. The molecule has 0 radical (unpaired) electrons. The van der Waals surface area contributed by atoms with E-state index >= 15 is 0 Å². The van der Waals surface area contributed by atoms with Crippen LogP contribution >= 0.6 is 0 Å². The van der Waals surface area contributed by atoms with Gasteiger partial charge < -0.3 is 10.1 Å². The van der Waals surface area contributed by atoms with E-state index in [0.29, 0.717) is 12.3 Å². The average Bonchev–Trinajstić information content (AvgIpc) is 2.53. The second-order valence-corrected chi connectivity index (χ2v) is 5.60. The molecular weight excluding hydrogens is 293 g/mol. The lowest BCUT2D eigenvalue weighted by molar-refractivity contribution is -0.127. The monoisotopic (exact) mass is 315 g/mol.